The maximum atomic E-state index is 2.55. The van der Waals surface area contributed by atoms with Gasteiger partial charge in [-0.2, -0.15) is 0 Å². The van der Waals surface area contributed by atoms with Crippen LogP contribution < -0.4 is 4.90 Å². The van der Waals surface area contributed by atoms with Gasteiger partial charge in [0.25, 0.3) is 0 Å². The van der Waals surface area contributed by atoms with E-state index in [-0.39, 0.29) is 0 Å². The third-order valence-corrected chi connectivity index (χ3v) is 9.60. The fourth-order valence-corrected chi connectivity index (χ4v) is 7.99. The van der Waals surface area contributed by atoms with Crippen molar-refractivity contribution < 1.29 is 0 Å². The number of rotatable bonds is 4. The molecule has 0 heterocycles. The summed E-state index contributed by atoms with van der Waals surface area (Å²) in [6.45, 7) is 8.75. The van der Waals surface area contributed by atoms with Crippen LogP contribution in [0.1, 0.15) is 77.3 Å². The van der Waals surface area contributed by atoms with Crippen LogP contribution >= 0.6 is 0 Å². The van der Waals surface area contributed by atoms with Crippen LogP contribution in [0.3, 0.4) is 0 Å². The van der Waals surface area contributed by atoms with Crippen LogP contribution in [0.4, 0.5) is 17.1 Å². The van der Waals surface area contributed by atoms with E-state index in [1.165, 1.54) is 82.5 Å². The Bertz CT molecular complexity index is 1420. The molecule has 3 aliphatic carbocycles. The number of aryl methyl sites for hydroxylation is 4. The van der Waals surface area contributed by atoms with Crippen molar-refractivity contribution in [1.29, 1.82) is 0 Å². The fraction of sp³-hybridized carbons (Fsp3) is 0.333. The van der Waals surface area contributed by atoms with Gasteiger partial charge in [0.05, 0.1) is 0 Å². The first-order valence-electron chi connectivity index (χ1n) is 14.1. The Morgan fingerprint density at radius 3 is 1.70 bits per heavy atom. The van der Waals surface area contributed by atoms with Gasteiger partial charge in [0.2, 0.25) is 0 Å². The minimum Gasteiger partial charge on any atom is -0.310 e. The van der Waals surface area contributed by atoms with Gasteiger partial charge in [0.15, 0.2) is 0 Å². The van der Waals surface area contributed by atoms with Gasteiger partial charge in [-0.1, -0.05) is 42.5 Å². The minimum absolute atomic E-state index is 0.651. The van der Waals surface area contributed by atoms with Crippen molar-refractivity contribution in [2.45, 2.75) is 71.6 Å². The molecular weight excluding hydrogens is 446 g/mol. The molecule has 2 saturated carbocycles. The average Bonchev–Trinajstić information content (AvgIpc) is 3.28. The molecule has 0 amide bonds. The second kappa shape index (κ2) is 8.35. The summed E-state index contributed by atoms with van der Waals surface area (Å²) >= 11 is 0. The molecule has 3 atom stereocenters. The van der Waals surface area contributed by atoms with Gasteiger partial charge >= 0.3 is 0 Å². The molecule has 2 bridgehead atoms. The Morgan fingerprint density at radius 2 is 1.14 bits per heavy atom. The normalized spacial score (nSPS) is 23.2. The molecule has 0 N–H and O–H groups in total. The first kappa shape index (κ1) is 22.8. The van der Waals surface area contributed by atoms with E-state index >= 15 is 0 Å². The largest absolute Gasteiger partial charge is 0.310 e. The molecule has 1 heteroatoms. The molecule has 4 aromatic rings. The number of benzene rings is 4. The van der Waals surface area contributed by atoms with Crippen LogP contribution in [0.5, 0.6) is 0 Å². The second-order valence-electron chi connectivity index (χ2n) is 12.3. The van der Waals surface area contributed by atoms with E-state index in [9.17, 15) is 0 Å². The highest BCUT2D eigenvalue weighted by molar-refractivity contribution is 5.79. The molecule has 3 unspecified atom stereocenters. The second-order valence-corrected chi connectivity index (χ2v) is 12.3. The number of hydrogen-bond acceptors (Lipinski definition) is 1. The van der Waals surface area contributed by atoms with E-state index in [4.69, 9.17) is 0 Å². The van der Waals surface area contributed by atoms with E-state index < -0.39 is 0 Å². The highest BCUT2D eigenvalue weighted by atomic mass is 15.1. The van der Waals surface area contributed by atoms with E-state index in [1.54, 1.807) is 11.1 Å². The highest BCUT2D eigenvalue weighted by Gasteiger charge is 2.55. The molecule has 4 aromatic carbocycles. The van der Waals surface area contributed by atoms with Gasteiger partial charge in [-0.25, -0.2) is 0 Å². The summed E-state index contributed by atoms with van der Waals surface area (Å²) in [5, 5.41) is 0. The lowest BCUT2D eigenvalue weighted by Gasteiger charge is -2.51. The number of fused-ring (bicyclic) bond motifs is 4. The molecule has 1 nitrogen and oxygen atoms in total. The average molecular weight is 484 g/mol. The topological polar surface area (TPSA) is 3.24 Å². The Balaban J connectivity index is 1.28. The van der Waals surface area contributed by atoms with Crippen molar-refractivity contribution in [1.82, 2.24) is 0 Å². The molecule has 0 radical (unpaired) electrons. The van der Waals surface area contributed by atoms with Crippen LogP contribution in [-0.2, 0) is 0 Å². The molecular formula is C36H37N. The SMILES string of the molecule is Cc1cc(C)cc(N(c2ccc(-c3ccc4c(c3)C3CCC35CCC4C5)cc2)c2cc(C)cc(C)c2)c1. The van der Waals surface area contributed by atoms with Gasteiger partial charge in [-0.3, -0.25) is 0 Å². The predicted molar refractivity (Wildman–Crippen MR) is 157 cm³/mol. The molecule has 3 aliphatic rings. The smallest absolute Gasteiger partial charge is 0.0466 e. The van der Waals surface area contributed by atoms with E-state index in [1.807, 2.05) is 0 Å². The molecule has 0 saturated heterocycles. The molecule has 0 aromatic heterocycles. The predicted octanol–water partition coefficient (Wildman–Crippen LogP) is 10.2. The van der Waals surface area contributed by atoms with Crippen molar-refractivity contribution in [2.75, 3.05) is 4.90 Å². The quantitative estimate of drug-likeness (QED) is 0.279. The van der Waals surface area contributed by atoms with Crippen molar-refractivity contribution in [3.8, 4) is 11.1 Å². The van der Waals surface area contributed by atoms with E-state index in [0.717, 1.165) is 11.8 Å². The fourth-order valence-electron chi connectivity index (χ4n) is 7.99. The Kier molecular flexibility index (Phi) is 5.15. The zero-order valence-corrected chi connectivity index (χ0v) is 22.6. The van der Waals surface area contributed by atoms with Crippen LogP contribution in [-0.4, -0.2) is 0 Å². The summed E-state index contributed by atoms with van der Waals surface area (Å²) in [6, 6.07) is 30.3. The lowest BCUT2D eigenvalue weighted by molar-refractivity contribution is 0.0879. The third-order valence-electron chi connectivity index (χ3n) is 9.60. The van der Waals surface area contributed by atoms with E-state index in [0.29, 0.717) is 5.41 Å². The summed E-state index contributed by atoms with van der Waals surface area (Å²) < 4.78 is 0. The van der Waals surface area contributed by atoms with Crippen LogP contribution in [0, 0.1) is 33.1 Å². The lowest BCUT2D eigenvalue weighted by atomic mass is 9.53. The Morgan fingerprint density at radius 1 is 0.568 bits per heavy atom. The van der Waals surface area contributed by atoms with Gasteiger partial charge in [0, 0.05) is 17.1 Å². The highest BCUT2D eigenvalue weighted by Crippen LogP contribution is 2.69. The number of anilines is 3. The molecule has 0 aliphatic heterocycles. The molecule has 186 valence electrons. The summed E-state index contributed by atoms with van der Waals surface area (Å²) in [5.74, 6) is 1.62. The standard InChI is InChI=1S/C36H37N/c1-23-15-24(2)18-31(17-23)37(32-19-25(3)16-26(4)20-32)30-8-5-27(6-9-30)28-7-10-33-29-11-13-36(22-29)14-12-35(36)34(33)21-28/h5-10,15-21,29,35H,11-14,22H2,1-4H3. The first-order chi connectivity index (χ1) is 17.9. The van der Waals surface area contributed by atoms with E-state index in [2.05, 4.69) is 111 Å². The maximum Gasteiger partial charge on any atom is 0.0466 e. The molecule has 7 rings (SSSR count). The summed E-state index contributed by atoms with van der Waals surface area (Å²) in [7, 11) is 0. The van der Waals surface area contributed by atoms with Crippen molar-refractivity contribution >= 4 is 17.1 Å². The van der Waals surface area contributed by atoms with Crippen molar-refractivity contribution in [2.24, 2.45) is 5.41 Å². The van der Waals surface area contributed by atoms with Gasteiger partial charge < -0.3 is 4.90 Å². The van der Waals surface area contributed by atoms with Gasteiger partial charge in [-0.05, 0) is 158 Å². The monoisotopic (exact) mass is 483 g/mol. The number of nitrogens with zero attached hydrogens (tertiary/aromatic N) is 1. The molecule has 37 heavy (non-hydrogen) atoms. The first-order valence-corrected chi connectivity index (χ1v) is 14.1. The summed E-state index contributed by atoms with van der Waals surface area (Å²) in [4.78, 5) is 2.41. The minimum atomic E-state index is 0.651. The summed E-state index contributed by atoms with van der Waals surface area (Å²) in [5.41, 5.74) is 15.5. The lowest BCUT2D eigenvalue weighted by Crippen LogP contribution is -2.38. The van der Waals surface area contributed by atoms with Crippen molar-refractivity contribution in [3.05, 3.63) is 112 Å². The van der Waals surface area contributed by atoms with Gasteiger partial charge in [-0.15, -0.1) is 0 Å². The molecule has 2 fully saturated rings. The molecule has 1 spiro atoms. The van der Waals surface area contributed by atoms with Crippen LogP contribution in [0.2, 0.25) is 0 Å². The van der Waals surface area contributed by atoms with Crippen LogP contribution in [0.25, 0.3) is 11.1 Å². The van der Waals surface area contributed by atoms with Crippen molar-refractivity contribution in [3.63, 3.8) is 0 Å². The Hall–Kier alpha value is -3.32. The third kappa shape index (κ3) is 3.74. The number of hydrogen-bond donors (Lipinski definition) is 0. The summed E-state index contributed by atoms with van der Waals surface area (Å²) in [6.07, 6.45) is 7.16. The van der Waals surface area contributed by atoms with Crippen LogP contribution in [0.15, 0.2) is 78.9 Å². The Labute approximate surface area is 222 Å². The zero-order chi connectivity index (χ0) is 25.3. The van der Waals surface area contributed by atoms with Gasteiger partial charge in [0.1, 0.15) is 0 Å². The zero-order valence-electron chi connectivity index (χ0n) is 22.6. The maximum absolute atomic E-state index is 2.55.